The number of methoxy groups -OCH3 is 1. The fourth-order valence-corrected chi connectivity index (χ4v) is 3.88. The molecule has 138 valence electrons. The van der Waals surface area contributed by atoms with E-state index in [2.05, 4.69) is 5.32 Å². The molecule has 3 heterocycles. The largest absolute Gasteiger partial charge is 0.383 e. The minimum Gasteiger partial charge on any atom is -0.383 e. The van der Waals surface area contributed by atoms with Crippen molar-refractivity contribution < 1.29 is 23.9 Å². The molecule has 0 saturated carbocycles. The normalized spacial score (nSPS) is 26.8. The fourth-order valence-electron chi connectivity index (χ4n) is 3.88. The van der Waals surface area contributed by atoms with Crippen LogP contribution in [0.15, 0.2) is 0 Å². The number of imide groups is 1. The van der Waals surface area contributed by atoms with Crippen LogP contribution in [0.1, 0.15) is 19.3 Å². The number of carbonyl (C=O) groups is 4. The number of likely N-dealkylation sites (tertiary alicyclic amines) is 2. The summed E-state index contributed by atoms with van der Waals surface area (Å²) in [5, 5.41) is 2.40. The smallest absolute Gasteiger partial charge is 0.325 e. The van der Waals surface area contributed by atoms with Gasteiger partial charge in [0.15, 0.2) is 0 Å². The van der Waals surface area contributed by atoms with Crippen molar-refractivity contribution in [2.45, 2.75) is 19.3 Å². The van der Waals surface area contributed by atoms with Gasteiger partial charge in [-0.05, 0) is 19.3 Å². The zero-order valence-electron chi connectivity index (χ0n) is 14.5. The van der Waals surface area contributed by atoms with Crippen LogP contribution in [0.5, 0.6) is 0 Å². The number of nitrogens with one attached hydrogen (secondary N) is 1. The molecule has 0 radical (unpaired) electrons. The van der Waals surface area contributed by atoms with Crippen LogP contribution in [0.2, 0.25) is 0 Å². The van der Waals surface area contributed by atoms with Crippen molar-refractivity contribution in [1.29, 1.82) is 0 Å². The summed E-state index contributed by atoms with van der Waals surface area (Å²) >= 11 is 0. The molecule has 1 atom stereocenters. The van der Waals surface area contributed by atoms with E-state index in [4.69, 9.17) is 4.74 Å². The molecule has 3 rings (SSSR count). The Morgan fingerprint density at radius 2 is 2.04 bits per heavy atom. The van der Waals surface area contributed by atoms with Gasteiger partial charge in [0.2, 0.25) is 11.8 Å². The maximum absolute atomic E-state index is 12.9. The van der Waals surface area contributed by atoms with Crippen LogP contribution in [0.3, 0.4) is 0 Å². The van der Waals surface area contributed by atoms with Gasteiger partial charge >= 0.3 is 6.03 Å². The number of amides is 5. The fraction of sp³-hybridized carbons (Fsp3) is 0.750. The molecule has 9 heteroatoms. The summed E-state index contributed by atoms with van der Waals surface area (Å²) < 4.78 is 5.06. The van der Waals surface area contributed by atoms with Crippen LogP contribution in [0.25, 0.3) is 0 Å². The Kier molecular flexibility index (Phi) is 4.94. The third-order valence-electron chi connectivity index (χ3n) is 5.33. The third kappa shape index (κ3) is 3.33. The van der Waals surface area contributed by atoms with E-state index in [9.17, 15) is 19.2 Å². The lowest BCUT2D eigenvalue weighted by Gasteiger charge is -2.39. The monoisotopic (exact) mass is 352 g/mol. The lowest BCUT2D eigenvalue weighted by molar-refractivity contribution is -0.147. The number of ether oxygens (including phenoxy) is 1. The van der Waals surface area contributed by atoms with Crippen LogP contribution in [-0.2, 0) is 19.1 Å². The Morgan fingerprint density at radius 1 is 1.24 bits per heavy atom. The second kappa shape index (κ2) is 6.99. The van der Waals surface area contributed by atoms with Crippen molar-refractivity contribution >= 4 is 23.8 Å². The van der Waals surface area contributed by atoms with Crippen molar-refractivity contribution in [3.05, 3.63) is 0 Å². The van der Waals surface area contributed by atoms with E-state index in [0.29, 0.717) is 32.7 Å². The summed E-state index contributed by atoms with van der Waals surface area (Å²) in [6.07, 6.45) is 2.30. The molecule has 3 saturated heterocycles. The molecule has 0 aromatic heterocycles. The first-order chi connectivity index (χ1) is 12.0. The SMILES string of the molecule is COCCN1CCCC2(CCN(C(=O)CN3C(=O)CNC3=O)C2)C1=O. The van der Waals surface area contributed by atoms with E-state index in [-0.39, 0.29) is 24.9 Å². The average Bonchev–Trinajstić information content (AvgIpc) is 3.16. The highest BCUT2D eigenvalue weighted by Gasteiger charge is 2.49. The number of nitrogens with zero attached hydrogens (tertiary/aromatic N) is 3. The number of carbonyl (C=O) groups excluding carboxylic acids is 4. The predicted molar refractivity (Wildman–Crippen MR) is 86.4 cm³/mol. The van der Waals surface area contributed by atoms with E-state index >= 15 is 0 Å². The highest BCUT2D eigenvalue weighted by molar-refractivity contribution is 6.04. The maximum atomic E-state index is 12.9. The quantitative estimate of drug-likeness (QED) is 0.642. The molecule has 3 aliphatic rings. The van der Waals surface area contributed by atoms with Crippen molar-refractivity contribution in [1.82, 2.24) is 20.0 Å². The summed E-state index contributed by atoms with van der Waals surface area (Å²) in [6, 6.07) is -0.535. The zero-order chi connectivity index (χ0) is 18.0. The highest BCUT2D eigenvalue weighted by atomic mass is 16.5. The molecule has 1 N–H and O–H groups in total. The summed E-state index contributed by atoms with van der Waals surface area (Å²) in [4.78, 5) is 52.9. The molecular weight excluding hydrogens is 328 g/mol. The van der Waals surface area contributed by atoms with Gasteiger partial charge in [-0.15, -0.1) is 0 Å². The first-order valence-electron chi connectivity index (χ1n) is 8.61. The molecule has 3 aliphatic heterocycles. The van der Waals surface area contributed by atoms with Crippen molar-refractivity contribution in [3.8, 4) is 0 Å². The number of piperidine rings is 1. The summed E-state index contributed by atoms with van der Waals surface area (Å²) in [5.74, 6) is -0.600. The molecule has 0 bridgehead atoms. The number of rotatable bonds is 5. The molecule has 3 fully saturated rings. The Labute approximate surface area is 146 Å². The van der Waals surface area contributed by atoms with Crippen molar-refractivity contribution in [2.24, 2.45) is 5.41 Å². The lowest BCUT2D eigenvalue weighted by Crippen LogP contribution is -2.51. The van der Waals surface area contributed by atoms with Gasteiger partial charge in [0, 0.05) is 33.3 Å². The van der Waals surface area contributed by atoms with Gasteiger partial charge in [0.1, 0.15) is 6.54 Å². The number of urea groups is 1. The third-order valence-corrected chi connectivity index (χ3v) is 5.33. The number of hydrogen-bond acceptors (Lipinski definition) is 5. The minimum absolute atomic E-state index is 0.0665. The van der Waals surface area contributed by atoms with Gasteiger partial charge in [-0.3, -0.25) is 19.3 Å². The second-order valence-electron chi connectivity index (χ2n) is 6.87. The molecule has 1 spiro atoms. The first-order valence-corrected chi connectivity index (χ1v) is 8.61. The molecule has 9 nitrogen and oxygen atoms in total. The van der Waals surface area contributed by atoms with Gasteiger partial charge in [-0.1, -0.05) is 0 Å². The van der Waals surface area contributed by atoms with Gasteiger partial charge in [-0.2, -0.15) is 0 Å². The molecule has 0 aliphatic carbocycles. The van der Waals surface area contributed by atoms with Crippen LogP contribution < -0.4 is 5.32 Å². The average molecular weight is 352 g/mol. The minimum atomic E-state index is -0.535. The van der Waals surface area contributed by atoms with Crippen LogP contribution >= 0.6 is 0 Å². The Hall–Kier alpha value is -2.16. The van der Waals surface area contributed by atoms with Crippen molar-refractivity contribution in [2.75, 3.05) is 53.0 Å². The van der Waals surface area contributed by atoms with Gasteiger partial charge < -0.3 is 19.9 Å². The molecule has 1 unspecified atom stereocenters. The Morgan fingerprint density at radius 3 is 2.72 bits per heavy atom. The van der Waals surface area contributed by atoms with Crippen LogP contribution in [-0.4, -0.2) is 91.4 Å². The molecule has 25 heavy (non-hydrogen) atoms. The summed E-state index contributed by atoms with van der Waals surface area (Å²) in [6.45, 7) is 2.29. The highest BCUT2D eigenvalue weighted by Crippen LogP contribution is 2.40. The van der Waals surface area contributed by atoms with Gasteiger partial charge in [0.05, 0.1) is 18.6 Å². The maximum Gasteiger partial charge on any atom is 0.325 e. The van der Waals surface area contributed by atoms with Crippen LogP contribution in [0, 0.1) is 5.41 Å². The molecule has 0 aromatic carbocycles. The Bertz CT molecular complexity index is 579. The van der Waals surface area contributed by atoms with Gasteiger partial charge in [-0.25, -0.2) is 4.79 Å². The molecular formula is C16H24N4O5. The molecule has 0 aromatic rings. The summed E-state index contributed by atoms with van der Waals surface area (Å²) in [5.41, 5.74) is -0.529. The van der Waals surface area contributed by atoms with E-state index in [1.54, 1.807) is 12.0 Å². The zero-order valence-corrected chi connectivity index (χ0v) is 14.5. The van der Waals surface area contributed by atoms with Crippen LogP contribution in [0.4, 0.5) is 4.79 Å². The summed E-state index contributed by atoms with van der Waals surface area (Å²) in [7, 11) is 1.61. The van der Waals surface area contributed by atoms with Crippen molar-refractivity contribution in [3.63, 3.8) is 0 Å². The lowest BCUT2D eigenvalue weighted by atomic mass is 9.78. The standard InChI is InChI=1S/C16H24N4O5/c1-25-8-7-18-5-2-3-16(14(18)23)4-6-19(11-16)13(22)10-20-12(21)9-17-15(20)24/h2-11H2,1H3,(H,17,24). The Balaban J connectivity index is 1.62. The second-order valence-corrected chi connectivity index (χ2v) is 6.87. The molecule has 5 amide bonds. The van der Waals surface area contributed by atoms with E-state index in [1.165, 1.54) is 0 Å². The first kappa shape index (κ1) is 17.7. The topological polar surface area (TPSA) is 99.3 Å². The van der Waals surface area contributed by atoms with E-state index < -0.39 is 17.4 Å². The van der Waals surface area contributed by atoms with Gasteiger partial charge in [0.25, 0.3) is 5.91 Å². The number of hydrogen-bond donors (Lipinski definition) is 1. The van der Waals surface area contributed by atoms with E-state index in [0.717, 1.165) is 24.3 Å². The van der Waals surface area contributed by atoms with E-state index in [1.807, 2.05) is 4.90 Å². The predicted octanol–water partition coefficient (Wildman–Crippen LogP) is -0.974.